The first-order valence-corrected chi connectivity index (χ1v) is 15.7. The second-order valence-corrected chi connectivity index (χ2v) is 16.0. The van der Waals surface area contributed by atoms with Gasteiger partial charge in [0.25, 0.3) is 0 Å². The minimum absolute atomic E-state index is 0.0121. The minimum atomic E-state index is -5.13. The van der Waals surface area contributed by atoms with E-state index in [-0.39, 0.29) is 36.6 Å². The van der Waals surface area contributed by atoms with Crippen LogP contribution in [0, 0.1) is 28.6 Å². The van der Waals surface area contributed by atoms with Crippen LogP contribution in [0.15, 0.2) is 11.6 Å². The average molecular weight is 617 g/mol. The first-order valence-electron chi connectivity index (χ1n) is 15.7. The van der Waals surface area contributed by atoms with Crippen molar-refractivity contribution >= 4 is 5.78 Å². The van der Waals surface area contributed by atoms with Gasteiger partial charge < -0.3 is 34.3 Å². The van der Waals surface area contributed by atoms with Crippen molar-refractivity contribution in [1.29, 1.82) is 0 Å². The zero-order valence-corrected chi connectivity index (χ0v) is 26.2. The van der Waals surface area contributed by atoms with Gasteiger partial charge in [-0.15, -0.1) is 0 Å². The number of ether oxygens (including phenoxy) is 4. The summed E-state index contributed by atoms with van der Waals surface area (Å²) in [6.07, 6.45) is -2.44. The van der Waals surface area contributed by atoms with Gasteiger partial charge in [-0.1, -0.05) is 13.8 Å². The van der Waals surface area contributed by atoms with Crippen LogP contribution in [0.3, 0.4) is 0 Å². The molecule has 4 aliphatic carbocycles. The molecule has 43 heavy (non-hydrogen) atoms. The third-order valence-electron chi connectivity index (χ3n) is 12.3. The number of carbonyl (C=O) groups is 1. The normalized spacial score (nSPS) is 51.0. The molecular weight excluding hydrogens is 569 g/mol. The second kappa shape index (κ2) is 9.26. The maximum Gasteiger partial charge on any atom is 0.473 e. The van der Waals surface area contributed by atoms with E-state index in [2.05, 4.69) is 6.92 Å². The fourth-order valence-electron chi connectivity index (χ4n) is 10.3. The summed E-state index contributed by atoms with van der Waals surface area (Å²) < 4.78 is 63.9. The van der Waals surface area contributed by atoms with E-state index in [0.29, 0.717) is 44.1 Å². The number of hydrogen-bond acceptors (Lipinski definition) is 8. The van der Waals surface area contributed by atoms with Crippen LogP contribution >= 0.6 is 0 Å². The highest BCUT2D eigenvalue weighted by Gasteiger charge is 2.73. The van der Waals surface area contributed by atoms with Crippen LogP contribution in [0.25, 0.3) is 0 Å². The van der Waals surface area contributed by atoms with E-state index >= 15 is 0 Å². The van der Waals surface area contributed by atoms with Crippen LogP contribution in [0.4, 0.5) is 13.2 Å². The Bertz CT molecular complexity index is 1210. The van der Waals surface area contributed by atoms with Gasteiger partial charge in [0, 0.05) is 11.3 Å². The molecule has 6 rings (SSSR count). The van der Waals surface area contributed by atoms with Gasteiger partial charge in [0.1, 0.15) is 0 Å². The van der Waals surface area contributed by atoms with Gasteiger partial charge in [-0.05, 0) is 115 Å². The number of hydrogen-bond donors (Lipinski definition) is 3. The SMILES string of the molecule is CC(C)(O)CC[C@H]1OC(C)(C)O[C@]1(C)[C@H]1CC[C@@]2(O)C3=CC(=O)[C@@H]4C[C@H]5OC(O)(C(F)(F)F)O[C@H]5C[C@]4(C)[C@H]3CC[C@]12C. The molecule has 0 aromatic rings. The fourth-order valence-corrected chi connectivity index (χ4v) is 10.3. The molecule has 5 fully saturated rings. The summed E-state index contributed by atoms with van der Waals surface area (Å²) >= 11 is 0. The summed E-state index contributed by atoms with van der Waals surface area (Å²) in [7, 11) is 0. The lowest BCUT2D eigenvalue weighted by Crippen LogP contribution is -2.62. The van der Waals surface area contributed by atoms with Gasteiger partial charge in [-0.3, -0.25) is 4.79 Å². The monoisotopic (exact) mass is 616 g/mol. The number of ketones is 1. The molecule has 3 N–H and O–H groups in total. The Kier molecular flexibility index (Phi) is 6.87. The molecular formula is C32H47F3O8. The topological polar surface area (TPSA) is 115 Å². The highest BCUT2D eigenvalue weighted by Crippen LogP contribution is 2.70. The van der Waals surface area contributed by atoms with E-state index in [0.717, 1.165) is 0 Å². The van der Waals surface area contributed by atoms with Gasteiger partial charge >= 0.3 is 12.1 Å². The predicted molar refractivity (Wildman–Crippen MR) is 147 cm³/mol. The lowest BCUT2D eigenvalue weighted by atomic mass is 9.45. The second-order valence-electron chi connectivity index (χ2n) is 16.0. The molecule has 8 nitrogen and oxygen atoms in total. The van der Waals surface area contributed by atoms with Crippen LogP contribution in [0.2, 0.25) is 0 Å². The van der Waals surface area contributed by atoms with Crippen LogP contribution in [-0.4, -0.2) is 74.2 Å². The van der Waals surface area contributed by atoms with Gasteiger partial charge in [0.05, 0.1) is 35.1 Å². The van der Waals surface area contributed by atoms with Gasteiger partial charge in [0.15, 0.2) is 11.6 Å². The summed E-state index contributed by atoms with van der Waals surface area (Å²) in [5.41, 5.74) is -3.73. The quantitative estimate of drug-likeness (QED) is 0.408. The van der Waals surface area contributed by atoms with Crippen molar-refractivity contribution in [2.24, 2.45) is 28.6 Å². The lowest BCUT2D eigenvalue weighted by molar-refractivity contribution is -0.443. The molecule has 0 aromatic carbocycles. The standard InChI is InChI=1S/C32H47F3O8/c1-25(2,37)11-10-24-29(7,43-26(3,4)42-24)23-9-13-30(38)18-14-20(36)19-15-21-22(41-32(39,40-21)31(33,34)35)16-27(19,5)17(18)8-12-28(23,30)6/h14,17,19,21-24,37-39H,8-13,15-16H2,1-7H3/t17-,19-,21+,22-,23-,24+,27+,28+,29+,30+,32?/m0/s1. The molecule has 11 heteroatoms. The molecule has 3 saturated carbocycles. The van der Waals surface area contributed by atoms with E-state index in [1.165, 1.54) is 0 Å². The van der Waals surface area contributed by atoms with Crippen molar-refractivity contribution < 1.29 is 52.2 Å². The van der Waals surface area contributed by atoms with Crippen molar-refractivity contribution in [2.45, 2.75) is 153 Å². The highest BCUT2D eigenvalue weighted by molar-refractivity contribution is 5.95. The van der Waals surface area contributed by atoms with Gasteiger partial charge in [-0.25, -0.2) is 0 Å². The van der Waals surface area contributed by atoms with Gasteiger partial charge in [0.2, 0.25) is 0 Å². The Balaban J connectivity index is 1.31. The molecule has 11 atom stereocenters. The number of alkyl halides is 3. The van der Waals surface area contributed by atoms with Crippen molar-refractivity contribution in [3.8, 4) is 0 Å². The number of allylic oxidation sites excluding steroid dienone is 1. The lowest BCUT2D eigenvalue weighted by Gasteiger charge is -2.60. The Morgan fingerprint density at radius 1 is 0.953 bits per heavy atom. The molecule has 2 saturated heterocycles. The molecule has 2 aliphatic heterocycles. The third kappa shape index (κ3) is 4.53. The summed E-state index contributed by atoms with van der Waals surface area (Å²) in [6, 6.07) is 0. The molecule has 2 heterocycles. The largest absolute Gasteiger partial charge is 0.473 e. The van der Waals surface area contributed by atoms with Crippen LogP contribution < -0.4 is 0 Å². The maximum atomic E-state index is 13.8. The average Bonchev–Trinajstić information content (AvgIpc) is 3.41. The first-order chi connectivity index (χ1) is 19.5. The number of aliphatic hydroxyl groups is 3. The molecule has 0 spiro atoms. The molecule has 0 radical (unpaired) electrons. The molecule has 0 aromatic heterocycles. The molecule has 1 unspecified atom stereocenters. The Hall–Kier alpha value is -1.08. The zero-order valence-electron chi connectivity index (χ0n) is 26.2. The smallest absolute Gasteiger partial charge is 0.390 e. The predicted octanol–water partition coefficient (Wildman–Crippen LogP) is 4.92. The van der Waals surface area contributed by atoms with Crippen molar-refractivity contribution in [3.63, 3.8) is 0 Å². The fraction of sp³-hybridized carbons (Fsp3) is 0.906. The summed E-state index contributed by atoms with van der Waals surface area (Å²) in [6.45, 7) is 13.3. The number of carbonyl (C=O) groups excluding carboxylic acids is 1. The number of rotatable bonds is 4. The third-order valence-corrected chi connectivity index (χ3v) is 12.3. The highest BCUT2D eigenvalue weighted by atomic mass is 19.4. The van der Waals surface area contributed by atoms with E-state index in [9.17, 15) is 33.3 Å². The molecule has 0 amide bonds. The molecule has 6 aliphatic rings. The van der Waals surface area contributed by atoms with E-state index in [4.69, 9.17) is 18.9 Å². The number of halogens is 3. The van der Waals surface area contributed by atoms with Crippen LogP contribution in [-0.2, 0) is 23.7 Å². The summed E-state index contributed by atoms with van der Waals surface area (Å²) in [5, 5.41) is 33.3. The van der Waals surface area contributed by atoms with Crippen molar-refractivity contribution in [1.82, 2.24) is 0 Å². The Morgan fingerprint density at radius 3 is 2.23 bits per heavy atom. The Labute approximate surface area is 251 Å². The maximum absolute atomic E-state index is 13.8. The van der Waals surface area contributed by atoms with Crippen molar-refractivity contribution in [2.75, 3.05) is 0 Å². The zero-order chi connectivity index (χ0) is 31.8. The van der Waals surface area contributed by atoms with Crippen molar-refractivity contribution in [3.05, 3.63) is 11.6 Å². The summed E-state index contributed by atoms with van der Waals surface area (Å²) in [5.74, 6) is -5.74. The Morgan fingerprint density at radius 2 is 1.60 bits per heavy atom. The molecule has 0 bridgehead atoms. The molecule has 244 valence electrons. The van der Waals surface area contributed by atoms with E-state index in [1.807, 2.05) is 27.7 Å². The van der Waals surface area contributed by atoms with E-state index < -0.39 is 63.7 Å². The first kappa shape index (κ1) is 31.9. The van der Waals surface area contributed by atoms with Gasteiger partial charge in [-0.2, -0.15) is 13.2 Å². The van der Waals surface area contributed by atoms with Crippen LogP contribution in [0.1, 0.15) is 99.8 Å². The number of fused-ring (bicyclic) bond motifs is 6. The van der Waals surface area contributed by atoms with E-state index in [1.54, 1.807) is 19.9 Å². The van der Waals surface area contributed by atoms with Crippen LogP contribution in [0.5, 0.6) is 0 Å². The summed E-state index contributed by atoms with van der Waals surface area (Å²) in [4.78, 5) is 13.8. The minimum Gasteiger partial charge on any atom is -0.390 e.